The van der Waals surface area contributed by atoms with Gasteiger partial charge in [-0.25, -0.2) is 0 Å². The van der Waals surface area contributed by atoms with Crippen LogP contribution in [0.5, 0.6) is 11.5 Å². The number of benzene rings is 1. The van der Waals surface area contributed by atoms with Crippen molar-refractivity contribution in [2.45, 2.75) is 6.61 Å². The second-order valence-electron chi connectivity index (χ2n) is 2.46. The van der Waals surface area contributed by atoms with Crippen LogP contribution in [0, 0.1) is 3.57 Å². The van der Waals surface area contributed by atoms with Crippen molar-refractivity contribution >= 4 is 22.6 Å². The number of ether oxygens (including phenoxy) is 2. The Labute approximate surface area is 83.4 Å². The van der Waals surface area contributed by atoms with Crippen molar-refractivity contribution in [3.05, 3.63) is 21.3 Å². The third-order valence-corrected chi connectivity index (χ3v) is 2.31. The zero-order chi connectivity index (χ0) is 8.55. The van der Waals surface area contributed by atoms with E-state index < -0.39 is 0 Å². The van der Waals surface area contributed by atoms with Crippen LogP contribution in [0.4, 0.5) is 0 Å². The van der Waals surface area contributed by atoms with E-state index >= 15 is 0 Å². The lowest BCUT2D eigenvalue weighted by Crippen LogP contribution is -1.94. The smallest absolute Gasteiger partial charge is 0.231 e. The van der Waals surface area contributed by atoms with Gasteiger partial charge in [-0.15, -0.1) is 0 Å². The van der Waals surface area contributed by atoms with E-state index in [4.69, 9.17) is 14.6 Å². The Morgan fingerprint density at radius 1 is 1.42 bits per heavy atom. The molecular weight excluding hydrogens is 271 g/mol. The van der Waals surface area contributed by atoms with Gasteiger partial charge in [-0.3, -0.25) is 0 Å². The van der Waals surface area contributed by atoms with Crippen LogP contribution in [0.2, 0.25) is 0 Å². The summed E-state index contributed by atoms with van der Waals surface area (Å²) in [5.41, 5.74) is 0.786. The maximum Gasteiger partial charge on any atom is 0.231 e. The Morgan fingerprint density at radius 3 is 3.00 bits per heavy atom. The lowest BCUT2D eigenvalue weighted by molar-refractivity contribution is 0.171. The first-order valence-electron chi connectivity index (χ1n) is 3.50. The van der Waals surface area contributed by atoms with Gasteiger partial charge in [0.1, 0.15) is 0 Å². The number of hydrogen-bond acceptors (Lipinski definition) is 3. The molecule has 1 N–H and O–H groups in total. The first-order valence-corrected chi connectivity index (χ1v) is 4.58. The van der Waals surface area contributed by atoms with Crippen LogP contribution in [0.15, 0.2) is 12.1 Å². The standard InChI is InChI=1S/C8H7IO3/c9-6-1-5(3-10)8-7(2-6)11-4-12-8/h1-2,10H,3-4H2. The molecule has 0 saturated carbocycles. The molecule has 1 aromatic carbocycles. The van der Waals surface area contributed by atoms with Gasteiger partial charge in [0.15, 0.2) is 11.5 Å². The largest absolute Gasteiger partial charge is 0.454 e. The molecule has 1 aromatic rings. The molecule has 12 heavy (non-hydrogen) atoms. The summed E-state index contributed by atoms with van der Waals surface area (Å²) in [4.78, 5) is 0. The molecule has 0 amide bonds. The molecule has 64 valence electrons. The highest BCUT2D eigenvalue weighted by Crippen LogP contribution is 2.37. The lowest BCUT2D eigenvalue weighted by Gasteiger charge is -2.02. The molecule has 0 unspecified atom stereocenters. The summed E-state index contributed by atoms with van der Waals surface area (Å²) in [6, 6.07) is 3.77. The van der Waals surface area contributed by atoms with Crippen molar-refractivity contribution in [2.75, 3.05) is 6.79 Å². The van der Waals surface area contributed by atoms with Crippen molar-refractivity contribution in [3.63, 3.8) is 0 Å². The summed E-state index contributed by atoms with van der Waals surface area (Å²) < 4.78 is 11.4. The molecule has 1 aliphatic heterocycles. The van der Waals surface area contributed by atoms with Crippen LogP contribution in [-0.2, 0) is 6.61 Å². The first kappa shape index (κ1) is 8.12. The number of halogens is 1. The molecular formula is C8H7IO3. The van der Waals surface area contributed by atoms with E-state index in [2.05, 4.69) is 22.6 Å². The highest BCUT2D eigenvalue weighted by molar-refractivity contribution is 14.1. The Balaban J connectivity index is 2.55. The van der Waals surface area contributed by atoms with Crippen molar-refractivity contribution in [1.29, 1.82) is 0 Å². The molecule has 0 saturated heterocycles. The average Bonchev–Trinajstić information content (AvgIpc) is 2.50. The fourth-order valence-electron chi connectivity index (χ4n) is 1.16. The SMILES string of the molecule is OCc1cc(I)cc2c1OCO2. The number of aliphatic hydroxyl groups is 1. The van der Waals surface area contributed by atoms with E-state index in [0.29, 0.717) is 5.75 Å². The van der Waals surface area contributed by atoms with Crippen LogP contribution in [0.1, 0.15) is 5.56 Å². The van der Waals surface area contributed by atoms with Gasteiger partial charge < -0.3 is 14.6 Å². The quantitative estimate of drug-likeness (QED) is 0.791. The molecule has 0 fully saturated rings. The molecule has 0 radical (unpaired) electrons. The summed E-state index contributed by atoms with van der Waals surface area (Å²) in [5, 5.41) is 8.99. The minimum atomic E-state index is -0.0114. The fourth-order valence-corrected chi connectivity index (χ4v) is 1.82. The minimum absolute atomic E-state index is 0.0114. The molecule has 3 nitrogen and oxygen atoms in total. The summed E-state index contributed by atoms with van der Waals surface area (Å²) >= 11 is 2.18. The summed E-state index contributed by atoms with van der Waals surface area (Å²) in [6.07, 6.45) is 0. The van der Waals surface area contributed by atoms with Crippen LogP contribution in [0.3, 0.4) is 0 Å². The van der Waals surface area contributed by atoms with Gasteiger partial charge in [0, 0.05) is 9.13 Å². The summed E-state index contributed by atoms with van der Waals surface area (Å²) in [7, 11) is 0. The lowest BCUT2D eigenvalue weighted by atomic mass is 10.2. The topological polar surface area (TPSA) is 38.7 Å². The third kappa shape index (κ3) is 1.25. The van der Waals surface area contributed by atoms with Crippen molar-refractivity contribution in [2.24, 2.45) is 0 Å². The fraction of sp³-hybridized carbons (Fsp3) is 0.250. The Hall–Kier alpha value is -0.490. The van der Waals surface area contributed by atoms with Crippen LogP contribution >= 0.6 is 22.6 Å². The van der Waals surface area contributed by atoms with Crippen molar-refractivity contribution in [3.8, 4) is 11.5 Å². The highest BCUT2D eigenvalue weighted by Gasteiger charge is 2.17. The summed E-state index contributed by atoms with van der Waals surface area (Å²) in [5.74, 6) is 1.41. The molecule has 4 heteroatoms. The Morgan fingerprint density at radius 2 is 2.25 bits per heavy atom. The van der Waals surface area contributed by atoms with E-state index in [-0.39, 0.29) is 13.4 Å². The summed E-state index contributed by atoms with van der Waals surface area (Å²) in [6.45, 7) is 0.241. The molecule has 1 heterocycles. The predicted molar refractivity (Wildman–Crippen MR) is 51.2 cm³/mol. The molecule has 2 rings (SSSR count). The minimum Gasteiger partial charge on any atom is -0.454 e. The van der Waals surface area contributed by atoms with Gasteiger partial charge in [-0.1, -0.05) is 0 Å². The normalized spacial score (nSPS) is 13.5. The Bertz CT molecular complexity index is 311. The van der Waals surface area contributed by atoms with E-state index in [9.17, 15) is 0 Å². The second-order valence-corrected chi connectivity index (χ2v) is 3.70. The van der Waals surface area contributed by atoms with E-state index in [1.807, 2.05) is 12.1 Å². The zero-order valence-electron chi connectivity index (χ0n) is 6.21. The number of rotatable bonds is 1. The zero-order valence-corrected chi connectivity index (χ0v) is 8.37. The van der Waals surface area contributed by atoms with Crippen molar-refractivity contribution < 1.29 is 14.6 Å². The van der Waals surface area contributed by atoms with Crippen molar-refractivity contribution in [1.82, 2.24) is 0 Å². The monoisotopic (exact) mass is 278 g/mol. The number of hydrogen-bond donors (Lipinski definition) is 1. The second kappa shape index (κ2) is 3.10. The first-order chi connectivity index (χ1) is 5.81. The van der Waals surface area contributed by atoms with E-state index in [1.54, 1.807) is 0 Å². The van der Waals surface area contributed by atoms with Crippen LogP contribution in [0.25, 0.3) is 0 Å². The Kier molecular flexibility index (Phi) is 2.10. The maximum atomic E-state index is 8.99. The molecule has 1 aliphatic rings. The van der Waals surface area contributed by atoms with Gasteiger partial charge in [-0.2, -0.15) is 0 Å². The highest BCUT2D eigenvalue weighted by atomic mass is 127. The van der Waals surface area contributed by atoms with E-state index in [0.717, 1.165) is 14.9 Å². The van der Waals surface area contributed by atoms with Gasteiger partial charge in [0.05, 0.1) is 6.61 Å². The maximum absolute atomic E-state index is 8.99. The van der Waals surface area contributed by atoms with Crippen LogP contribution < -0.4 is 9.47 Å². The van der Waals surface area contributed by atoms with Gasteiger partial charge in [0.25, 0.3) is 0 Å². The van der Waals surface area contributed by atoms with Crippen LogP contribution in [-0.4, -0.2) is 11.9 Å². The molecule has 0 atom stereocenters. The van der Waals surface area contributed by atoms with Gasteiger partial charge >= 0.3 is 0 Å². The number of fused-ring (bicyclic) bond motifs is 1. The number of aliphatic hydroxyl groups excluding tert-OH is 1. The molecule has 0 bridgehead atoms. The third-order valence-electron chi connectivity index (χ3n) is 1.68. The molecule has 0 aliphatic carbocycles. The molecule has 0 aromatic heterocycles. The average molecular weight is 278 g/mol. The van der Waals surface area contributed by atoms with Gasteiger partial charge in [0.2, 0.25) is 6.79 Å². The van der Waals surface area contributed by atoms with E-state index in [1.165, 1.54) is 0 Å². The van der Waals surface area contributed by atoms with Gasteiger partial charge in [-0.05, 0) is 34.7 Å². The molecule has 0 spiro atoms. The predicted octanol–water partition coefficient (Wildman–Crippen LogP) is 1.51.